The molecule has 1 aliphatic rings. The first-order chi connectivity index (χ1) is 13.2. The van der Waals surface area contributed by atoms with E-state index in [-0.39, 0.29) is 18.0 Å². The third kappa shape index (κ3) is 5.48. The lowest BCUT2D eigenvalue weighted by Crippen LogP contribution is -2.24. The lowest BCUT2D eigenvalue weighted by atomic mass is 10.2. The minimum atomic E-state index is -0.288. The van der Waals surface area contributed by atoms with Crippen LogP contribution < -0.4 is 16.0 Å². The monoisotopic (exact) mass is 385 g/mol. The molecular weight excluding hydrogens is 362 g/mol. The Bertz CT molecular complexity index is 789. The molecule has 1 fully saturated rings. The number of urea groups is 1. The first-order valence-corrected chi connectivity index (χ1v) is 9.88. The van der Waals surface area contributed by atoms with Crippen LogP contribution in [0, 0.1) is 0 Å². The zero-order valence-electron chi connectivity index (χ0n) is 15.2. The van der Waals surface area contributed by atoms with Gasteiger partial charge in [-0.3, -0.25) is 4.79 Å². The quantitative estimate of drug-likeness (QED) is 0.658. The van der Waals surface area contributed by atoms with Crippen molar-refractivity contribution in [1.82, 2.24) is 5.32 Å². The highest BCUT2D eigenvalue weighted by atomic mass is 32.2. The molecule has 1 aliphatic heterocycles. The van der Waals surface area contributed by atoms with Crippen molar-refractivity contribution in [1.29, 1.82) is 0 Å². The van der Waals surface area contributed by atoms with Gasteiger partial charge in [-0.15, -0.1) is 11.8 Å². The van der Waals surface area contributed by atoms with E-state index >= 15 is 0 Å². The van der Waals surface area contributed by atoms with E-state index in [1.807, 2.05) is 24.3 Å². The van der Waals surface area contributed by atoms with Gasteiger partial charge in [-0.1, -0.05) is 12.1 Å². The summed E-state index contributed by atoms with van der Waals surface area (Å²) in [5.41, 5.74) is 1.97. The summed E-state index contributed by atoms with van der Waals surface area (Å²) in [6.07, 6.45) is 2.46. The Balaban J connectivity index is 1.62. The molecule has 3 amide bonds. The number of thioether (sulfide) groups is 1. The van der Waals surface area contributed by atoms with E-state index < -0.39 is 0 Å². The first-order valence-electron chi connectivity index (χ1n) is 8.89. The predicted molar refractivity (Wildman–Crippen MR) is 109 cm³/mol. The molecule has 142 valence electrons. The standard InChI is InChI=1S/C20H23N3O3S/c1-21-20(25)23-15-10-8-14(9-11-15)22-19(24)17-6-2-3-7-18(17)27-13-16-5-4-12-26-16/h2-3,6-11,16H,4-5,12-13H2,1H3,(H,22,24)(H2,21,23,25). The van der Waals surface area contributed by atoms with E-state index in [0.717, 1.165) is 30.1 Å². The molecule has 7 heteroatoms. The number of rotatable bonds is 6. The molecule has 0 aromatic heterocycles. The normalized spacial score (nSPS) is 16.0. The highest BCUT2D eigenvalue weighted by Gasteiger charge is 2.18. The zero-order valence-corrected chi connectivity index (χ0v) is 16.0. The van der Waals surface area contributed by atoms with Gasteiger partial charge < -0.3 is 20.7 Å². The second-order valence-corrected chi connectivity index (χ2v) is 7.24. The minimum Gasteiger partial charge on any atom is -0.377 e. The molecule has 27 heavy (non-hydrogen) atoms. The molecule has 1 unspecified atom stereocenters. The molecule has 2 aromatic rings. The number of carbonyl (C=O) groups excluding carboxylic acids is 2. The van der Waals surface area contributed by atoms with Gasteiger partial charge in [-0.05, 0) is 49.2 Å². The van der Waals surface area contributed by atoms with Gasteiger partial charge in [0.1, 0.15) is 0 Å². The van der Waals surface area contributed by atoms with E-state index in [0.29, 0.717) is 16.9 Å². The highest BCUT2D eigenvalue weighted by Crippen LogP contribution is 2.27. The third-order valence-corrected chi connectivity index (χ3v) is 5.41. The van der Waals surface area contributed by atoms with Crippen LogP contribution in [-0.2, 0) is 4.74 Å². The number of anilines is 2. The molecule has 1 heterocycles. The van der Waals surface area contributed by atoms with Crippen LogP contribution in [0.25, 0.3) is 0 Å². The van der Waals surface area contributed by atoms with Gasteiger partial charge in [0.15, 0.2) is 0 Å². The van der Waals surface area contributed by atoms with Crippen LogP contribution in [0.15, 0.2) is 53.4 Å². The minimum absolute atomic E-state index is 0.155. The van der Waals surface area contributed by atoms with Gasteiger partial charge in [-0.2, -0.15) is 0 Å². The predicted octanol–water partition coefficient (Wildman–Crippen LogP) is 3.96. The molecular formula is C20H23N3O3S. The fraction of sp³-hybridized carbons (Fsp3) is 0.300. The Morgan fingerprint density at radius 1 is 1.07 bits per heavy atom. The first kappa shape index (κ1) is 19.3. The van der Waals surface area contributed by atoms with Crippen molar-refractivity contribution in [2.45, 2.75) is 23.8 Å². The summed E-state index contributed by atoms with van der Waals surface area (Å²) in [4.78, 5) is 25.0. The van der Waals surface area contributed by atoms with Crippen molar-refractivity contribution in [3.05, 3.63) is 54.1 Å². The van der Waals surface area contributed by atoms with Gasteiger partial charge in [0.05, 0.1) is 11.7 Å². The number of nitrogens with one attached hydrogen (secondary N) is 3. The summed E-state index contributed by atoms with van der Waals surface area (Å²) in [6.45, 7) is 0.831. The van der Waals surface area contributed by atoms with Gasteiger partial charge in [-0.25, -0.2) is 4.79 Å². The molecule has 1 atom stereocenters. The molecule has 0 bridgehead atoms. The van der Waals surface area contributed by atoms with Gasteiger partial charge in [0.25, 0.3) is 5.91 Å². The van der Waals surface area contributed by atoms with Crippen molar-refractivity contribution < 1.29 is 14.3 Å². The highest BCUT2D eigenvalue weighted by molar-refractivity contribution is 7.99. The number of hydrogen-bond acceptors (Lipinski definition) is 4. The molecule has 0 radical (unpaired) electrons. The Morgan fingerprint density at radius 2 is 1.78 bits per heavy atom. The summed E-state index contributed by atoms with van der Waals surface area (Å²) in [5.74, 6) is 0.696. The Kier molecular flexibility index (Phi) is 6.73. The lowest BCUT2D eigenvalue weighted by molar-refractivity contribution is 0.102. The molecule has 1 saturated heterocycles. The van der Waals surface area contributed by atoms with Crippen molar-refractivity contribution in [2.24, 2.45) is 0 Å². The fourth-order valence-corrected chi connectivity index (χ4v) is 3.89. The molecule has 3 N–H and O–H groups in total. The number of benzene rings is 2. The second kappa shape index (κ2) is 9.43. The summed E-state index contributed by atoms with van der Waals surface area (Å²) in [6, 6.07) is 14.3. The van der Waals surface area contributed by atoms with Gasteiger partial charge in [0.2, 0.25) is 0 Å². The molecule has 6 nitrogen and oxygen atoms in total. The topological polar surface area (TPSA) is 79.5 Å². The fourth-order valence-electron chi connectivity index (χ4n) is 2.77. The average Bonchev–Trinajstić information content (AvgIpc) is 3.21. The van der Waals surface area contributed by atoms with Crippen molar-refractivity contribution >= 4 is 35.1 Å². The van der Waals surface area contributed by atoms with E-state index in [2.05, 4.69) is 16.0 Å². The molecule has 0 aliphatic carbocycles. The van der Waals surface area contributed by atoms with E-state index in [4.69, 9.17) is 4.74 Å². The average molecular weight is 385 g/mol. The molecule has 0 saturated carbocycles. The molecule has 0 spiro atoms. The maximum Gasteiger partial charge on any atom is 0.318 e. The number of carbonyl (C=O) groups is 2. The number of ether oxygens (including phenoxy) is 1. The largest absolute Gasteiger partial charge is 0.377 e. The van der Waals surface area contributed by atoms with Crippen molar-refractivity contribution in [3.8, 4) is 0 Å². The smallest absolute Gasteiger partial charge is 0.318 e. The Hall–Kier alpha value is -2.51. The molecule has 3 rings (SSSR count). The van der Waals surface area contributed by atoms with Crippen LogP contribution in [0.4, 0.5) is 16.2 Å². The lowest BCUT2D eigenvalue weighted by Gasteiger charge is -2.13. The summed E-state index contributed by atoms with van der Waals surface area (Å²) in [5, 5.41) is 8.08. The van der Waals surface area contributed by atoms with E-state index in [9.17, 15) is 9.59 Å². The van der Waals surface area contributed by atoms with Crippen LogP contribution in [0.1, 0.15) is 23.2 Å². The Morgan fingerprint density at radius 3 is 2.44 bits per heavy atom. The van der Waals surface area contributed by atoms with E-state index in [1.54, 1.807) is 43.1 Å². The SMILES string of the molecule is CNC(=O)Nc1ccc(NC(=O)c2ccccc2SCC2CCCO2)cc1. The van der Waals surface area contributed by atoms with Crippen LogP contribution in [0.2, 0.25) is 0 Å². The summed E-state index contributed by atoms with van der Waals surface area (Å²) in [7, 11) is 1.55. The van der Waals surface area contributed by atoms with Crippen molar-refractivity contribution in [3.63, 3.8) is 0 Å². The second-order valence-electron chi connectivity index (χ2n) is 6.18. The Labute approximate surface area is 163 Å². The van der Waals surface area contributed by atoms with Gasteiger partial charge >= 0.3 is 6.03 Å². The molecule has 2 aromatic carbocycles. The van der Waals surface area contributed by atoms with Crippen molar-refractivity contribution in [2.75, 3.05) is 30.0 Å². The zero-order chi connectivity index (χ0) is 19.1. The van der Waals surface area contributed by atoms with Crippen LogP contribution in [0.3, 0.4) is 0 Å². The number of hydrogen-bond donors (Lipinski definition) is 3. The van der Waals surface area contributed by atoms with Gasteiger partial charge in [0, 0.05) is 35.7 Å². The van der Waals surface area contributed by atoms with Crippen LogP contribution in [-0.4, -0.2) is 37.4 Å². The maximum atomic E-state index is 12.7. The van der Waals surface area contributed by atoms with E-state index in [1.165, 1.54) is 0 Å². The number of amides is 3. The third-order valence-electron chi connectivity index (χ3n) is 4.21. The summed E-state index contributed by atoms with van der Waals surface area (Å²) >= 11 is 1.65. The van der Waals surface area contributed by atoms with Crippen LogP contribution >= 0.6 is 11.8 Å². The maximum absolute atomic E-state index is 12.7. The van der Waals surface area contributed by atoms with Crippen LogP contribution in [0.5, 0.6) is 0 Å². The summed E-state index contributed by atoms with van der Waals surface area (Å²) < 4.78 is 5.66.